The number of nitrogens with one attached hydrogen (secondary N) is 1. The van der Waals surface area contributed by atoms with E-state index in [2.05, 4.69) is 10.3 Å². The van der Waals surface area contributed by atoms with Crippen molar-refractivity contribution in [3.63, 3.8) is 0 Å². The van der Waals surface area contributed by atoms with Crippen LogP contribution in [0.5, 0.6) is 5.88 Å². The quantitative estimate of drug-likeness (QED) is 0.759. The van der Waals surface area contributed by atoms with Gasteiger partial charge < -0.3 is 14.8 Å². The van der Waals surface area contributed by atoms with E-state index < -0.39 is 29.6 Å². The van der Waals surface area contributed by atoms with Gasteiger partial charge in [0.2, 0.25) is 11.8 Å². The van der Waals surface area contributed by atoms with Gasteiger partial charge in [-0.05, 0) is 17.2 Å². The molecule has 138 valence electrons. The van der Waals surface area contributed by atoms with Gasteiger partial charge in [0.25, 0.3) is 0 Å². The third-order valence-corrected chi connectivity index (χ3v) is 3.63. The normalized spacial score (nSPS) is 11.5. The van der Waals surface area contributed by atoms with Crippen molar-refractivity contribution in [2.24, 2.45) is 0 Å². The standard InChI is InChI=1S/C18H18F2N2O4/c1-25-17-6-3-11(10-21-17)7-15(18(24)26-2)22-16(23)8-12-4-5-13(19)9-14(12)20/h3-6,9-10,15H,7-8H2,1-2H3,(H,22,23)/t15-/m1/s1. The Kier molecular flexibility index (Phi) is 6.60. The lowest BCUT2D eigenvalue weighted by Crippen LogP contribution is -2.43. The highest BCUT2D eigenvalue weighted by molar-refractivity contribution is 5.85. The summed E-state index contributed by atoms with van der Waals surface area (Å²) >= 11 is 0. The third kappa shape index (κ3) is 5.23. The molecule has 8 heteroatoms. The lowest BCUT2D eigenvalue weighted by Gasteiger charge is -2.17. The maximum absolute atomic E-state index is 13.7. The van der Waals surface area contributed by atoms with Crippen molar-refractivity contribution in [1.82, 2.24) is 10.3 Å². The van der Waals surface area contributed by atoms with Crippen molar-refractivity contribution < 1.29 is 27.8 Å². The first-order valence-corrected chi connectivity index (χ1v) is 7.73. The number of amides is 1. The molecule has 0 saturated heterocycles. The monoisotopic (exact) mass is 364 g/mol. The van der Waals surface area contributed by atoms with E-state index in [0.29, 0.717) is 17.5 Å². The molecule has 6 nitrogen and oxygen atoms in total. The average molecular weight is 364 g/mol. The van der Waals surface area contributed by atoms with Crippen molar-refractivity contribution in [1.29, 1.82) is 0 Å². The fourth-order valence-corrected chi connectivity index (χ4v) is 2.31. The average Bonchev–Trinajstić information content (AvgIpc) is 2.63. The highest BCUT2D eigenvalue weighted by atomic mass is 19.1. The molecule has 26 heavy (non-hydrogen) atoms. The summed E-state index contributed by atoms with van der Waals surface area (Å²) in [6.45, 7) is 0. The molecule has 0 aliphatic carbocycles. The van der Waals surface area contributed by atoms with Crippen molar-refractivity contribution >= 4 is 11.9 Å². The molecular formula is C18H18F2N2O4. The van der Waals surface area contributed by atoms with E-state index in [1.165, 1.54) is 26.5 Å². The predicted octanol–water partition coefficient (Wildman–Crippen LogP) is 1.81. The van der Waals surface area contributed by atoms with Gasteiger partial charge in [-0.3, -0.25) is 4.79 Å². The van der Waals surface area contributed by atoms with Crippen LogP contribution in [0.3, 0.4) is 0 Å². The Morgan fingerprint density at radius 3 is 2.54 bits per heavy atom. The molecule has 0 spiro atoms. The molecule has 0 radical (unpaired) electrons. The van der Waals surface area contributed by atoms with E-state index >= 15 is 0 Å². The summed E-state index contributed by atoms with van der Waals surface area (Å²) < 4.78 is 36.2. The summed E-state index contributed by atoms with van der Waals surface area (Å²) in [6, 6.07) is 5.31. The van der Waals surface area contributed by atoms with Gasteiger partial charge in [-0.1, -0.05) is 12.1 Å². The largest absolute Gasteiger partial charge is 0.481 e. The lowest BCUT2D eigenvalue weighted by atomic mass is 10.1. The number of esters is 1. The van der Waals surface area contributed by atoms with Crippen LogP contribution < -0.4 is 10.1 Å². The number of carbonyl (C=O) groups is 2. The predicted molar refractivity (Wildman–Crippen MR) is 88.5 cm³/mol. The van der Waals surface area contributed by atoms with E-state index in [9.17, 15) is 18.4 Å². The van der Waals surface area contributed by atoms with Crippen LogP contribution in [0.2, 0.25) is 0 Å². The summed E-state index contributed by atoms with van der Waals surface area (Å²) in [5.41, 5.74) is 0.702. The lowest BCUT2D eigenvalue weighted by molar-refractivity contribution is -0.145. The van der Waals surface area contributed by atoms with E-state index in [4.69, 9.17) is 9.47 Å². The Bertz CT molecular complexity index is 781. The zero-order chi connectivity index (χ0) is 19.1. The van der Waals surface area contributed by atoms with Crippen LogP contribution in [0.4, 0.5) is 8.78 Å². The Morgan fingerprint density at radius 1 is 1.19 bits per heavy atom. The number of methoxy groups -OCH3 is 2. The Labute approximate surface area is 149 Å². The van der Waals surface area contributed by atoms with Crippen molar-refractivity contribution in [2.45, 2.75) is 18.9 Å². The van der Waals surface area contributed by atoms with Crippen LogP contribution in [0.15, 0.2) is 36.5 Å². The summed E-state index contributed by atoms with van der Waals surface area (Å²) in [5, 5.41) is 2.50. The number of ether oxygens (including phenoxy) is 2. The first-order valence-electron chi connectivity index (χ1n) is 7.73. The second-order valence-corrected chi connectivity index (χ2v) is 5.47. The summed E-state index contributed by atoms with van der Waals surface area (Å²) in [5.74, 6) is -2.37. The number of rotatable bonds is 7. The first-order chi connectivity index (χ1) is 12.4. The molecular weight excluding hydrogens is 346 g/mol. The van der Waals surface area contributed by atoms with Gasteiger partial charge in [-0.25, -0.2) is 18.6 Å². The third-order valence-electron chi connectivity index (χ3n) is 3.63. The molecule has 1 heterocycles. The Hall–Kier alpha value is -3.03. The zero-order valence-electron chi connectivity index (χ0n) is 14.3. The number of pyridine rings is 1. The summed E-state index contributed by atoms with van der Waals surface area (Å²) in [4.78, 5) is 28.1. The number of halogens is 2. The van der Waals surface area contributed by atoms with Crippen LogP contribution in [-0.4, -0.2) is 37.1 Å². The fourth-order valence-electron chi connectivity index (χ4n) is 2.31. The van der Waals surface area contributed by atoms with Crippen LogP contribution in [0.25, 0.3) is 0 Å². The molecule has 1 aromatic carbocycles. The molecule has 2 rings (SSSR count). The maximum atomic E-state index is 13.7. The van der Waals surface area contributed by atoms with Crippen molar-refractivity contribution in [3.8, 4) is 5.88 Å². The molecule has 0 bridgehead atoms. The summed E-state index contributed by atoms with van der Waals surface area (Å²) in [7, 11) is 2.68. The van der Waals surface area contributed by atoms with E-state index in [-0.39, 0.29) is 18.4 Å². The van der Waals surface area contributed by atoms with E-state index in [1.54, 1.807) is 12.1 Å². The second kappa shape index (κ2) is 8.89. The number of benzene rings is 1. The SMILES string of the molecule is COC(=O)[C@@H](Cc1ccc(OC)nc1)NC(=O)Cc1ccc(F)cc1F. The van der Waals surface area contributed by atoms with Gasteiger partial charge in [0.15, 0.2) is 0 Å². The highest BCUT2D eigenvalue weighted by Gasteiger charge is 2.23. The molecule has 0 saturated carbocycles. The minimum Gasteiger partial charge on any atom is -0.481 e. The van der Waals surface area contributed by atoms with Crippen LogP contribution in [0.1, 0.15) is 11.1 Å². The van der Waals surface area contributed by atoms with Gasteiger partial charge in [0.05, 0.1) is 20.6 Å². The minimum atomic E-state index is -0.966. The van der Waals surface area contributed by atoms with Crippen molar-refractivity contribution in [3.05, 3.63) is 59.3 Å². The molecule has 0 aliphatic rings. The summed E-state index contributed by atoms with van der Waals surface area (Å²) in [6.07, 6.45) is 1.32. The Morgan fingerprint density at radius 2 is 1.96 bits per heavy atom. The minimum absolute atomic E-state index is 0.0265. The number of carbonyl (C=O) groups excluding carboxylic acids is 2. The molecule has 1 aromatic heterocycles. The number of aromatic nitrogens is 1. The number of hydrogen-bond acceptors (Lipinski definition) is 5. The van der Waals surface area contributed by atoms with E-state index in [1.807, 2.05) is 0 Å². The molecule has 1 N–H and O–H groups in total. The van der Waals surface area contributed by atoms with Gasteiger partial charge >= 0.3 is 5.97 Å². The fraction of sp³-hybridized carbons (Fsp3) is 0.278. The van der Waals surface area contributed by atoms with Crippen LogP contribution >= 0.6 is 0 Å². The number of nitrogens with zero attached hydrogens (tertiary/aromatic N) is 1. The topological polar surface area (TPSA) is 77.5 Å². The smallest absolute Gasteiger partial charge is 0.328 e. The molecule has 1 amide bonds. The molecule has 0 unspecified atom stereocenters. The van der Waals surface area contributed by atoms with Gasteiger partial charge in [0.1, 0.15) is 17.7 Å². The maximum Gasteiger partial charge on any atom is 0.328 e. The van der Waals surface area contributed by atoms with E-state index in [0.717, 1.165) is 6.07 Å². The molecule has 0 fully saturated rings. The number of hydrogen-bond donors (Lipinski definition) is 1. The molecule has 2 aromatic rings. The zero-order valence-corrected chi connectivity index (χ0v) is 14.3. The van der Waals surface area contributed by atoms with Gasteiger partial charge in [-0.2, -0.15) is 0 Å². The molecule has 0 aliphatic heterocycles. The van der Waals surface area contributed by atoms with Crippen LogP contribution in [0, 0.1) is 11.6 Å². The van der Waals surface area contributed by atoms with Gasteiger partial charge in [-0.15, -0.1) is 0 Å². The Balaban J connectivity index is 2.06. The highest BCUT2D eigenvalue weighted by Crippen LogP contribution is 2.12. The van der Waals surface area contributed by atoms with Crippen LogP contribution in [-0.2, 0) is 27.2 Å². The first kappa shape index (κ1) is 19.3. The molecule has 1 atom stereocenters. The van der Waals surface area contributed by atoms with Gasteiger partial charge in [0, 0.05) is 24.8 Å². The van der Waals surface area contributed by atoms with Crippen molar-refractivity contribution in [2.75, 3.05) is 14.2 Å². The second-order valence-electron chi connectivity index (χ2n) is 5.47.